The highest BCUT2D eigenvalue weighted by molar-refractivity contribution is 5.82. The zero-order valence-electron chi connectivity index (χ0n) is 24.2. The van der Waals surface area contributed by atoms with Crippen molar-refractivity contribution in [3.8, 4) is 11.5 Å². The number of benzene rings is 2. The first-order valence-electron chi connectivity index (χ1n) is 15.3. The van der Waals surface area contributed by atoms with Crippen molar-refractivity contribution >= 4 is 12.4 Å². The number of hydrogen-bond donors (Lipinski definition) is 0. The Morgan fingerprint density at radius 3 is 1.11 bits per heavy atom. The van der Waals surface area contributed by atoms with Crippen LogP contribution in [0.3, 0.4) is 0 Å². The second kappa shape index (κ2) is 22.4. The van der Waals surface area contributed by atoms with Crippen LogP contribution in [0.2, 0.25) is 0 Å². The normalized spacial score (nSPS) is 11.5. The summed E-state index contributed by atoms with van der Waals surface area (Å²) in [5, 5.41) is 8.37. The first-order valence-corrected chi connectivity index (χ1v) is 15.3. The molecule has 0 saturated heterocycles. The average Bonchev–Trinajstić information content (AvgIpc) is 2.95. The highest BCUT2D eigenvalue weighted by Crippen LogP contribution is 2.15. The van der Waals surface area contributed by atoms with Gasteiger partial charge < -0.3 is 9.47 Å². The molecule has 0 spiro atoms. The zero-order valence-corrected chi connectivity index (χ0v) is 24.2. The molecule has 0 radical (unpaired) electrons. The van der Waals surface area contributed by atoms with Crippen LogP contribution < -0.4 is 9.47 Å². The lowest BCUT2D eigenvalue weighted by atomic mass is 10.1. The number of nitrogens with zero attached hydrogens (tertiary/aromatic N) is 2. The van der Waals surface area contributed by atoms with Crippen LogP contribution in [-0.4, -0.2) is 25.6 Å². The molecule has 0 aromatic heterocycles. The molecule has 4 heteroatoms. The van der Waals surface area contributed by atoms with E-state index in [1.54, 1.807) is 12.4 Å². The van der Waals surface area contributed by atoms with Crippen molar-refractivity contribution in [1.29, 1.82) is 0 Å². The van der Waals surface area contributed by atoms with Gasteiger partial charge in [-0.1, -0.05) is 104 Å². The molecule has 0 unspecified atom stereocenters. The molecular formula is C34H52N2O2. The van der Waals surface area contributed by atoms with Crippen LogP contribution in [0.4, 0.5) is 0 Å². The number of rotatable bonds is 23. The maximum atomic E-state index is 5.87. The van der Waals surface area contributed by atoms with Crippen molar-refractivity contribution in [2.45, 2.75) is 117 Å². The molecule has 0 fully saturated rings. The Morgan fingerprint density at radius 2 is 0.763 bits per heavy atom. The molecule has 2 aromatic rings. The van der Waals surface area contributed by atoms with Crippen LogP contribution in [0.1, 0.15) is 128 Å². The molecule has 2 aromatic carbocycles. The first-order chi connectivity index (χ1) is 18.8. The Balaban J connectivity index is 1.55. The second-order valence-electron chi connectivity index (χ2n) is 10.3. The molecule has 0 aliphatic carbocycles. The van der Waals surface area contributed by atoms with Gasteiger partial charge in [-0.05, 0) is 72.5 Å². The van der Waals surface area contributed by atoms with Crippen LogP contribution in [0.5, 0.6) is 11.5 Å². The van der Waals surface area contributed by atoms with E-state index in [0.717, 1.165) is 48.7 Å². The predicted octanol–water partition coefficient (Wildman–Crippen LogP) is 10.2. The molecule has 0 aliphatic rings. The van der Waals surface area contributed by atoms with E-state index in [1.807, 2.05) is 48.5 Å². The van der Waals surface area contributed by atoms with Gasteiger partial charge in [0, 0.05) is 0 Å². The van der Waals surface area contributed by atoms with Crippen molar-refractivity contribution in [2.75, 3.05) is 13.2 Å². The van der Waals surface area contributed by atoms with Gasteiger partial charge in [0.25, 0.3) is 0 Å². The predicted molar refractivity (Wildman–Crippen MR) is 164 cm³/mol. The topological polar surface area (TPSA) is 43.2 Å². The molecule has 2 rings (SSSR count). The fourth-order valence-electron chi connectivity index (χ4n) is 4.35. The van der Waals surface area contributed by atoms with Gasteiger partial charge in [0.1, 0.15) is 11.5 Å². The molecule has 38 heavy (non-hydrogen) atoms. The summed E-state index contributed by atoms with van der Waals surface area (Å²) in [4.78, 5) is 0. The minimum Gasteiger partial charge on any atom is -0.494 e. The molecule has 0 aliphatic heterocycles. The van der Waals surface area contributed by atoms with E-state index in [0.29, 0.717) is 0 Å². The quantitative estimate of drug-likeness (QED) is 0.0831. The summed E-state index contributed by atoms with van der Waals surface area (Å²) in [6.07, 6.45) is 24.5. The molecular weight excluding hydrogens is 468 g/mol. The summed E-state index contributed by atoms with van der Waals surface area (Å²) in [5.41, 5.74) is 2.01. The highest BCUT2D eigenvalue weighted by Gasteiger charge is 1.97. The Hall–Kier alpha value is -2.62. The summed E-state index contributed by atoms with van der Waals surface area (Å²) in [7, 11) is 0. The molecule has 0 atom stereocenters. The van der Waals surface area contributed by atoms with Crippen LogP contribution in [0, 0.1) is 0 Å². The highest BCUT2D eigenvalue weighted by atomic mass is 16.5. The number of unbranched alkanes of at least 4 members (excludes halogenated alkanes) is 14. The van der Waals surface area contributed by atoms with E-state index < -0.39 is 0 Å². The standard InChI is InChI=1S/C34H52N2O2/c1-3-5-7-9-11-13-15-17-27-37-33-23-19-31(20-24-33)29-35-36-30-32-21-25-34(26-22-32)38-28-18-16-14-12-10-8-6-4-2/h19-26,29-30H,3-18,27-28H2,1-2H3/b35-29-,36-30+. The third-order valence-electron chi connectivity index (χ3n) is 6.77. The maximum Gasteiger partial charge on any atom is 0.119 e. The van der Waals surface area contributed by atoms with Crippen molar-refractivity contribution in [3.63, 3.8) is 0 Å². The fourth-order valence-corrected chi connectivity index (χ4v) is 4.35. The third-order valence-corrected chi connectivity index (χ3v) is 6.77. The molecule has 4 nitrogen and oxygen atoms in total. The van der Waals surface area contributed by atoms with Gasteiger partial charge in [-0.15, -0.1) is 0 Å². The van der Waals surface area contributed by atoms with Gasteiger partial charge in [-0.25, -0.2) is 0 Å². The lowest BCUT2D eigenvalue weighted by molar-refractivity contribution is 0.304. The SMILES string of the molecule is CCCCCCCCCCOc1ccc(/C=N\N=C\c2ccc(OCCCCCCCCCC)cc2)cc1. The van der Waals surface area contributed by atoms with E-state index >= 15 is 0 Å². The van der Waals surface area contributed by atoms with E-state index in [4.69, 9.17) is 9.47 Å². The van der Waals surface area contributed by atoms with Crippen molar-refractivity contribution in [2.24, 2.45) is 10.2 Å². The molecule has 0 N–H and O–H groups in total. The lowest BCUT2D eigenvalue weighted by Gasteiger charge is -2.06. The Kier molecular flexibility index (Phi) is 18.6. The number of hydrogen-bond acceptors (Lipinski definition) is 4. The molecule has 0 bridgehead atoms. The van der Waals surface area contributed by atoms with Crippen LogP contribution in [0.25, 0.3) is 0 Å². The van der Waals surface area contributed by atoms with Gasteiger partial charge >= 0.3 is 0 Å². The van der Waals surface area contributed by atoms with E-state index in [9.17, 15) is 0 Å². The zero-order chi connectivity index (χ0) is 26.9. The summed E-state index contributed by atoms with van der Waals surface area (Å²) < 4.78 is 11.7. The lowest BCUT2D eigenvalue weighted by Crippen LogP contribution is -1.97. The molecule has 0 saturated carbocycles. The minimum absolute atomic E-state index is 0.787. The second-order valence-corrected chi connectivity index (χ2v) is 10.3. The summed E-state index contributed by atoms with van der Waals surface area (Å²) in [5.74, 6) is 1.83. The van der Waals surface area contributed by atoms with Crippen molar-refractivity contribution < 1.29 is 9.47 Å². The van der Waals surface area contributed by atoms with Gasteiger partial charge in [-0.3, -0.25) is 0 Å². The third kappa shape index (κ3) is 16.3. The van der Waals surface area contributed by atoms with Crippen LogP contribution >= 0.6 is 0 Å². The van der Waals surface area contributed by atoms with Crippen molar-refractivity contribution in [3.05, 3.63) is 59.7 Å². The van der Waals surface area contributed by atoms with E-state index in [-0.39, 0.29) is 0 Å². The fraction of sp³-hybridized carbons (Fsp3) is 0.588. The summed E-state index contributed by atoms with van der Waals surface area (Å²) in [6.45, 7) is 6.10. The Labute approximate surface area is 233 Å². The molecule has 210 valence electrons. The Morgan fingerprint density at radius 1 is 0.447 bits per heavy atom. The van der Waals surface area contributed by atoms with E-state index in [2.05, 4.69) is 24.1 Å². The van der Waals surface area contributed by atoms with Gasteiger partial charge in [0.2, 0.25) is 0 Å². The van der Waals surface area contributed by atoms with Crippen LogP contribution in [-0.2, 0) is 0 Å². The molecule has 0 amide bonds. The first kappa shape index (κ1) is 31.6. The van der Waals surface area contributed by atoms with Gasteiger partial charge in [0.05, 0.1) is 25.6 Å². The summed E-state index contributed by atoms with van der Waals surface area (Å²) >= 11 is 0. The smallest absolute Gasteiger partial charge is 0.119 e. The van der Waals surface area contributed by atoms with Crippen molar-refractivity contribution in [1.82, 2.24) is 0 Å². The molecule has 0 heterocycles. The summed E-state index contributed by atoms with van der Waals surface area (Å²) in [6, 6.07) is 16.1. The van der Waals surface area contributed by atoms with Gasteiger partial charge in [-0.2, -0.15) is 10.2 Å². The number of ether oxygens (including phenoxy) is 2. The Bertz CT molecular complexity index is 786. The average molecular weight is 521 g/mol. The maximum absolute atomic E-state index is 5.87. The van der Waals surface area contributed by atoms with E-state index in [1.165, 1.54) is 89.9 Å². The minimum atomic E-state index is 0.787. The largest absolute Gasteiger partial charge is 0.494 e. The monoisotopic (exact) mass is 520 g/mol. The van der Waals surface area contributed by atoms with Gasteiger partial charge in [0.15, 0.2) is 0 Å². The van der Waals surface area contributed by atoms with Crippen LogP contribution in [0.15, 0.2) is 58.7 Å².